The average molecular weight is 350 g/mol. The lowest BCUT2D eigenvalue weighted by Gasteiger charge is -2.19. The van der Waals surface area contributed by atoms with E-state index in [0.717, 1.165) is 23.3 Å². The number of carbonyl (C=O) groups is 1. The number of rotatable bonds is 7. The summed E-state index contributed by atoms with van der Waals surface area (Å²) in [5, 5.41) is 5.03. The Bertz CT molecular complexity index is 722. The van der Waals surface area contributed by atoms with Crippen molar-refractivity contribution in [3.8, 4) is 0 Å². The second-order valence-electron chi connectivity index (χ2n) is 5.88. The van der Waals surface area contributed by atoms with E-state index in [1.165, 1.54) is 6.07 Å². The highest BCUT2D eigenvalue weighted by molar-refractivity contribution is 5.73. The molecule has 134 valence electrons. The second-order valence-corrected chi connectivity index (χ2v) is 5.88. The molecule has 2 aromatic rings. The van der Waals surface area contributed by atoms with Crippen LogP contribution in [0.2, 0.25) is 0 Å². The summed E-state index contributed by atoms with van der Waals surface area (Å²) in [7, 11) is 0. The van der Waals surface area contributed by atoms with Crippen LogP contribution in [0.1, 0.15) is 22.6 Å². The highest BCUT2D eigenvalue weighted by Gasteiger charge is 2.17. The van der Waals surface area contributed by atoms with Gasteiger partial charge in [0.25, 0.3) is 0 Å². The number of aryl methyl sites for hydroxylation is 1. The Balaban J connectivity index is 2.17. The Morgan fingerprint density at radius 1 is 1.12 bits per heavy atom. The van der Waals surface area contributed by atoms with Crippen molar-refractivity contribution in [3.63, 3.8) is 0 Å². The van der Waals surface area contributed by atoms with Gasteiger partial charge >= 0.3 is 6.03 Å². The molecule has 1 atom stereocenters. The summed E-state index contributed by atoms with van der Waals surface area (Å²) in [6.45, 7) is 1.44. The summed E-state index contributed by atoms with van der Waals surface area (Å²) in [6.07, 6.45) is 0.233. The molecule has 0 aromatic heterocycles. The third-order valence-electron chi connectivity index (χ3n) is 3.88. The molecule has 0 spiro atoms. The summed E-state index contributed by atoms with van der Waals surface area (Å²) in [6, 6.07) is 10.5. The molecule has 1 unspecified atom stereocenters. The van der Waals surface area contributed by atoms with Gasteiger partial charge in [0.1, 0.15) is 18.3 Å². The van der Waals surface area contributed by atoms with Gasteiger partial charge in [0.2, 0.25) is 0 Å². The van der Waals surface area contributed by atoms with E-state index >= 15 is 0 Å². The molecule has 2 rings (SSSR count). The van der Waals surface area contributed by atoms with Crippen molar-refractivity contribution in [2.75, 3.05) is 19.8 Å². The molecule has 2 N–H and O–H groups in total. The quantitative estimate of drug-likeness (QED) is 0.782. The maximum Gasteiger partial charge on any atom is 0.314 e. The van der Waals surface area contributed by atoms with Gasteiger partial charge in [0.15, 0.2) is 0 Å². The zero-order chi connectivity index (χ0) is 18.2. The van der Waals surface area contributed by atoms with E-state index in [4.69, 9.17) is 0 Å². The Kier molecular flexibility index (Phi) is 6.86. The fraction of sp³-hybridized carbons (Fsp3) is 0.316. The first-order valence-electron chi connectivity index (χ1n) is 8.07. The first-order chi connectivity index (χ1) is 12.0. The lowest BCUT2D eigenvalue weighted by atomic mass is 9.90. The van der Waals surface area contributed by atoms with Gasteiger partial charge in [0, 0.05) is 19.0 Å². The van der Waals surface area contributed by atoms with E-state index in [9.17, 15) is 18.0 Å². The Hall–Kier alpha value is -2.50. The summed E-state index contributed by atoms with van der Waals surface area (Å²) in [5.74, 6) is -1.23. The van der Waals surface area contributed by atoms with E-state index in [1.54, 1.807) is 0 Å². The predicted octanol–water partition coefficient (Wildman–Crippen LogP) is 3.87. The van der Waals surface area contributed by atoms with Crippen LogP contribution < -0.4 is 10.6 Å². The van der Waals surface area contributed by atoms with Crippen LogP contribution in [0.25, 0.3) is 0 Å². The molecule has 0 heterocycles. The Morgan fingerprint density at radius 2 is 1.92 bits per heavy atom. The Labute approximate surface area is 145 Å². The second kappa shape index (κ2) is 9.11. The zero-order valence-corrected chi connectivity index (χ0v) is 14.0. The molecule has 0 fully saturated rings. The van der Waals surface area contributed by atoms with Gasteiger partial charge in [-0.3, -0.25) is 0 Å². The fourth-order valence-electron chi connectivity index (χ4n) is 2.64. The van der Waals surface area contributed by atoms with Crippen LogP contribution in [-0.4, -0.2) is 25.8 Å². The molecule has 6 heteroatoms. The van der Waals surface area contributed by atoms with Gasteiger partial charge in [-0.15, -0.1) is 0 Å². The molecule has 3 nitrogen and oxygen atoms in total. The maximum atomic E-state index is 14.0. The molecule has 0 bridgehead atoms. The summed E-state index contributed by atoms with van der Waals surface area (Å²) < 4.78 is 39.5. The molecule has 0 saturated carbocycles. The summed E-state index contributed by atoms with van der Waals surface area (Å²) >= 11 is 0. The van der Waals surface area contributed by atoms with Gasteiger partial charge < -0.3 is 10.6 Å². The van der Waals surface area contributed by atoms with E-state index in [0.29, 0.717) is 0 Å². The van der Waals surface area contributed by atoms with Crippen LogP contribution in [0, 0.1) is 18.6 Å². The monoisotopic (exact) mass is 350 g/mol. The minimum Gasteiger partial charge on any atom is -0.338 e. The summed E-state index contributed by atoms with van der Waals surface area (Å²) in [4.78, 5) is 11.7. The number of alkyl halides is 1. The van der Waals surface area contributed by atoms with Crippen molar-refractivity contribution >= 4 is 6.03 Å². The van der Waals surface area contributed by atoms with Crippen LogP contribution in [0.15, 0.2) is 42.5 Å². The predicted molar refractivity (Wildman–Crippen MR) is 91.4 cm³/mol. The fourth-order valence-corrected chi connectivity index (χ4v) is 2.64. The average Bonchev–Trinajstić information content (AvgIpc) is 2.59. The number of carbonyl (C=O) groups excluding carboxylic acids is 1. The third-order valence-corrected chi connectivity index (χ3v) is 3.88. The van der Waals surface area contributed by atoms with Gasteiger partial charge in [-0.1, -0.05) is 29.8 Å². The molecule has 0 aliphatic rings. The van der Waals surface area contributed by atoms with Gasteiger partial charge in [0.05, 0.1) is 0 Å². The topological polar surface area (TPSA) is 41.1 Å². The molecule has 0 aliphatic heterocycles. The van der Waals surface area contributed by atoms with Crippen molar-refractivity contribution in [1.82, 2.24) is 10.6 Å². The van der Waals surface area contributed by atoms with Gasteiger partial charge in [-0.05, 0) is 42.7 Å². The van der Waals surface area contributed by atoms with Gasteiger partial charge in [-0.2, -0.15) is 0 Å². The standard InChI is InChI=1S/C19H21F3N2O/c1-13-3-2-4-14(9-13)16(12-24-19(25)23-8-7-20)10-15-11-17(21)5-6-18(15)22/h2-6,9,11,16H,7-8,10,12H2,1H3,(H2,23,24,25). The normalized spacial score (nSPS) is 11.8. The maximum absolute atomic E-state index is 14.0. The van der Waals surface area contributed by atoms with E-state index in [-0.39, 0.29) is 31.0 Å². The first-order valence-corrected chi connectivity index (χ1v) is 8.07. The lowest BCUT2D eigenvalue weighted by molar-refractivity contribution is 0.239. The molecule has 2 aromatic carbocycles. The lowest BCUT2D eigenvalue weighted by Crippen LogP contribution is -2.39. The van der Waals surface area contributed by atoms with Crippen molar-refractivity contribution in [2.45, 2.75) is 19.3 Å². The SMILES string of the molecule is Cc1cccc(C(CNC(=O)NCCF)Cc2cc(F)ccc2F)c1. The largest absolute Gasteiger partial charge is 0.338 e. The smallest absolute Gasteiger partial charge is 0.314 e. The number of hydrogen-bond acceptors (Lipinski definition) is 1. The van der Waals surface area contributed by atoms with Crippen LogP contribution in [-0.2, 0) is 6.42 Å². The molecule has 0 radical (unpaired) electrons. The molecule has 0 aliphatic carbocycles. The number of halogens is 3. The first kappa shape index (κ1) is 18.8. The number of urea groups is 1. The number of nitrogens with one attached hydrogen (secondary N) is 2. The highest BCUT2D eigenvalue weighted by Crippen LogP contribution is 2.23. The van der Waals surface area contributed by atoms with Crippen LogP contribution in [0.5, 0.6) is 0 Å². The van der Waals surface area contributed by atoms with Crippen molar-refractivity contribution in [1.29, 1.82) is 0 Å². The van der Waals surface area contributed by atoms with E-state index in [2.05, 4.69) is 10.6 Å². The van der Waals surface area contributed by atoms with Crippen LogP contribution >= 0.6 is 0 Å². The number of amides is 2. The molecule has 25 heavy (non-hydrogen) atoms. The van der Waals surface area contributed by atoms with Gasteiger partial charge in [-0.25, -0.2) is 18.0 Å². The molecular formula is C19H21F3N2O. The number of hydrogen-bond donors (Lipinski definition) is 2. The van der Waals surface area contributed by atoms with Crippen molar-refractivity contribution < 1.29 is 18.0 Å². The molecule has 2 amide bonds. The van der Waals surface area contributed by atoms with Crippen LogP contribution in [0.3, 0.4) is 0 Å². The number of benzene rings is 2. The minimum atomic E-state index is -0.650. The van der Waals surface area contributed by atoms with Crippen molar-refractivity contribution in [2.24, 2.45) is 0 Å². The Morgan fingerprint density at radius 3 is 2.64 bits per heavy atom. The van der Waals surface area contributed by atoms with Crippen molar-refractivity contribution in [3.05, 3.63) is 70.8 Å². The van der Waals surface area contributed by atoms with Crippen LogP contribution in [0.4, 0.5) is 18.0 Å². The molecule has 0 saturated heterocycles. The zero-order valence-electron chi connectivity index (χ0n) is 14.0. The van der Waals surface area contributed by atoms with E-state index < -0.39 is 24.3 Å². The molecular weight excluding hydrogens is 329 g/mol. The summed E-state index contributed by atoms with van der Waals surface area (Å²) in [5.41, 5.74) is 2.19. The minimum absolute atomic E-state index is 0.0700. The van der Waals surface area contributed by atoms with E-state index in [1.807, 2.05) is 31.2 Å². The highest BCUT2D eigenvalue weighted by atomic mass is 19.1. The third kappa shape index (κ3) is 5.81.